The summed E-state index contributed by atoms with van der Waals surface area (Å²) in [7, 11) is 0. The summed E-state index contributed by atoms with van der Waals surface area (Å²) in [5, 5.41) is 109. The van der Waals surface area contributed by atoms with Crippen LogP contribution >= 0.6 is 0 Å². The van der Waals surface area contributed by atoms with E-state index in [1.165, 1.54) is 0 Å². The van der Waals surface area contributed by atoms with E-state index in [0.717, 1.165) is 0 Å². The number of hydrogen-bond donors (Lipinski definition) is 0. The summed E-state index contributed by atoms with van der Waals surface area (Å²) in [5.41, 5.74) is 0. The third-order valence-corrected chi connectivity index (χ3v) is 0.750. The van der Waals surface area contributed by atoms with E-state index in [1.807, 2.05) is 0 Å². The minimum atomic E-state index is -4.98. The molecular formula is C4O12Zr3. The Morgan fingerprint density at radius 3 is 0.316 bits per heavy atom. The summed E-state index contributed by atoms with van der Waals surface area (Å²) in [6, 6.07) is 0. The van der Waals surface area contributed by atoms with Crippen LogP contribution in [0, 0.1) is 0 Å². The van der Waals surface area contributed by atoms with Crippen molar-refractivity contribution in [1.82, 2.24) is 0 Å². The van der Waals surface area contributed by atoms with Gasteiger partial charge in [0.05, 0.1) is 0 Å². The van der Waals surface area contributed by atoms with Crippen molar-refractivity contribution in [2.45, 2.75) is 23.9 Å². The molecule has 0 rings (SSSR count). The zero-order valence-corrected chi connectivity index (χ0v) is 15.8. The molecule has 0 bridgehead atoms. The molecule has 0 aromatic rings. The van der Waals surface area contributed by atoms with Crippen molar-refractivity contribution in [3.63, 3.8) is 0 Å². The second-order valence-electron chi connectivity index (χ2n) is 2.22. The van der Waals surface area contributed by atoms with Crippen molar-refractivity contribution < 1.29 is 140 Å². The van der Waals surface area contributed by atoms with E-state index < -0.39 is 23.9 Å². The molecule has 0 saturated heterocycles. The Morgan fingerprint density at radius 2 is 0.316 bits per heavy atom. The molecular weight excluding hydrogens is 514 g/mol. The molecule has 0 fully saturated rings. The van der Waals surface area contributed by atoms with Crippen LogP contribution in [0.5, 0.6) is 0 Å². The maximum atomic E-state index is 9.08. The van der Waals surface area contributed by atoms with E-state index in [1.54, 1.807) is 0 Å². The van der Waals surface area contributed by atoms with Gasteiger partial charge < -0.3 is 85.2 Å². The van der Waals surface area contributed by atoms with Gasteiger partial charge in [-0.1, -0.05) is 0 Å². The molecule has 19 heavy (non-hydrogen) atoms. The molecule has 0 radical (unpaired) electrons. The van der Waals surface area contributed by atoms with Crippen molar-refractivity contribution in [2.24, 2.45) is 0 Å². The van der Waals surface area contributed by atoms with E-state index in [9.17, 15) is 0 Å². The summed E-state index contributed by atoms with van der Waals surface area (Å²) < 4.78 is 0. The van der Waals surface area contributed by atoms with Crippen LogP contribution in [0.3, 0.4) is 0 Å². The van der Waals surface area contributed by atoms with Gasteiger partial charge in [-0.15, -0.1) is 0 Å². The normalized spacial score (nSPS) is 12.0. The quantitative estimate of drug-likeness (QED) is 0.311. The molecule has 0 aliphatic heterocycles. The predicted octanol–water partition coefficient (Wildman–Crippen LogP) is -15.1. The zero-order chi connectivity index (χ0) is 14.0. The molecule has 12 nitrogen and oxygen atoms in total. The minimum absolute atomic E-state index is 0. The molecule has 0 atom stereocenters. The molecule has 15 heteroatoms. The second kappa shape index (κ2) is 10.8. The van der Waals surface area contributed by atoms with Crippen LogP contribution in [0.15, 0.2) is 0 Å². The molecule has 0 aliphatic carbocycles. The number of rotatable bonds is 2. The van der Waals surface area contributed by atoms with Gasteiger partial charge in [0.1, 0.15) is 0 Å². The topological polar surface area (TPSA) is 277 Å². The Morgan fingerprint density at radius 1 is 0.263 bits per heavy atom. The van der Waals surface area contributed by atoms with Crippen molar-refractivity contribution >= 4 is 0 Å². The first-order valence-electron chi connectivity index (χ1n) is 2.95. The minimum Gasteiger partial charge on any atom is -0.879 e. The van der Waals surface area contributed by atoms with Gasteiger partial charge in [0.2, 0.25) is 0 Å². The van der Waals surface area contributed by atoms with Crippen molar-refractivity contribution in [2.75, 3.05) is 0 Å². The largest absolute Gasteiger partial charge is 4.00 e. The smallest absolute Gasteiger partial charge is 0.879 e. The Kier molecular flexibility index (Phi) is 18.8. The van der Waals surface area contributed by atoms with Gasteiger partial charge in [-0.25, -0.2) is 0 Å². The second-order valence-corrected chi connectivity index (χ2v) is 2.22. The molecule has 0 unspecified atom stereocenters. The molecule has 0 spiro atoms. The maximum Gasteiger partial charge on any atom is 4.00 e. The third kappa shape index (κ3) is 16.4. The number of hydrogen-bond acceptors (Lipinski definition) is 12. The molecule has 0 saturated carbocycles. The van der Waals surface area contributed by atoms with Crippen molar-refractivity contribution in [3.8, 4) is 0 Å². The average molecular weight is 514 g/mol. The van der Waals surface area contributed by atoms with Crippen LogP contribution < -0.4 is 61.3 Å². The van der Waals surface area contributed by atoms with Gasteiger partial charge in [0.25, 0.3) is 0 Å². The van der Waals surface area contributed by atoms with Crippen molar-refractivity contribution in [3.05, 3.63) is 0 Å². The Balaban J connectivity index is -0.0000000594. The molecule has 100 valence electrons. The van der Waals surface area contributed by atoms with Crippen LogP contribution in [0.4, 0.5) is 0 Å². The molecule has 0 N–H and O–H groups in total. The molecule has 0 amide bonds. The fourth-order valence-electron chi connectivity index (χ4n) is 0. The van der Waals surface area contributed by atoms with E-state index >= 15 is 0 Å². The van der Waals surface area contributed by atoms with E-state index in [-0.39, 0.29) is 78.6 Å². The first kappa shape index (κ1) is 32.9. The fraction of sp³-hybridized carbons (Fsp3) is 1.00. The van der Waals surface area contributed by atoms with E-state index in [2.05, 4.69) is 0 Å². The summed E-state index contributed by atoms with van der Waals surface area (Å²) in [5.74, 6) is -19.9. The van der Waals surface area contributed by atoms with Crippen LogP contribution in [-0.4, -0.2) is 23.9 Å². The maximum absolute atomic E-state index is 9.08. The standard InChI is InChI=1S/2C2O6.3Zr/c2*3-1(4,5)2(6,7)8;;;/q2*-6;3*+4. The summed E-state index contributed by atoms with van der Waals surface area (Å²) in [4.78, 5) is 0. The molecule has 0 aliphatic rings. The van der Waals surface area contributed by atoms with Gasteiger partial charge >= 0.3 is 78.6 Å². The summed E-state index contributed by atoms with van der Waals surface area (Å²) in [6.07, 6.45) is 0. The van der Waals surface area contributed by atoms with E-state index in [4.69, 9.17) is 61.3 Å². The van der Waals surface area contributed by atoms with Gasteiger partial charge in [0, 0.05) is 0 Å². The van der Waals surface area contributed by atoms with Gasteiger partial charge in [0.15, 0.2) is 0 Å². The molecule has 0 aromatic carbocycles. The van der Waals surface area contributed by atoms with Gasteiger partial charge in [-0.2, -0.15) is 0 Å². The third-order valence-electron chi connectivity index (χ3n) is 0.750. The average Bonchev–Trinajstić information content (AvgIpc) is 1.77. The Labute approximate surface area is 162 Å². The predicted molar refractivity (Wildman–Crippen MR) is 10.9 cm³/mol. The van der Waals surface area contributed by atoms with Crippen molar-refractivity contribution in [1.29, 1.82) is 0 Å². The zero-order valence-electron chi connectivity index (χ0n) is 8.40. The van der Waals surface area contributed by atoms with Crippen LogP contribution in [0.25, 0.3) is 0 Å². The summed E-state index contributed by atoms with van der Waals surface area (Å²) >= 11 is 0. The Bertz CT molecular complexity index is 159. The van der Waals surface area contributed by atoms with Crippen LogP contribution in [0.1, 0.15) is 0 Å². The summed E-state index contributed by atoms with van der Waals surface area (Å²) in [6.45, 7) is 0. The SMILES string of the molecule is [O-]C([O-])([O-])C([O-])([O-])[O-].[O-]C([O-])([O-])C([O-])([O-])[O-].[Zr+4].[Zr+4].[Zr+4]. The first-order chi connectivity index (χ1) is 6.50. The first-order valence-corrected chi connectivity index (χ1v) is 2.95. The Hall–Kier alpha value is 2.17. The monoisotopic (exact) mass is 510 g/mol. The van der Waals surface area contributed by atoms with Crippen LogP contribution in [0.2, 0.25) is 0 Å². The van der Waals surface area contributed by atoms with E-state index in [0.29, 0.717) is 0 Å². The molecule has 0 aromatic heterocycles. The van der Waals surface area contributed by atoms with Gasteiger partial charge in [-0.3, -0.25) is 0 Å². The van der Waals surface area contributed by atoms with Gasteiger partial charge in [-0.05, 0) is 0 Å². The van der Waals surface area contributed by atoms with Crippen LogP contribution in [-0.2, 0) is 78.6 Å². The fourth-order valence-corrected chi connectivity index (χ4v) is 0. The molecule has 0 heterocycles.